The van der Waals surface area contributed by atoms with Crippen LogP contribution in [0.1, 0.15) is 42.7 Å². The molecule has 0 aromatic heterocycles. The monoisotopic (exact) mass is 452 g/mol. The number of hydrogen-bond donors (Lipinski definition) is 1. The number of aliphatic imine (C=N–C) groups is 1. The predicted octanol–water partition coefficient (Wildman–Crippen LogP) is 6.61. The van der Waals surface area contributed by atoms with Crippen LogP contribution in [0.25, 0.3) is 4.91 Å². The molecule has 5 rings (SSSR count). The Bertz CT molecular complexity index is 928. The lowest BCUT2D eigenvalue weighted by Gasteiger charge is -2.50. The lowest BCUT2D eigenvalue weighted by Crippen LogP contribution is -2.41. The molecular weight excluding hydrogens is 424 g/mol. The first kappa shape index (κ1) is 20.6. The van der Waals surface area contributed by atoms with Gasteiger partial charge in [-0.1, -0.05) is 91.3 Å². The third-order valence-electron chi connectivity index (χ3n) is 6.40. The van der Waals surface area contributed by atoms with E-state index in [0.717, 1.165) is 17.5 Å². The van der Waals surface area contributed by atoms with Gasteiger partial charge in [-0.05, 0) is 29.9 Å². The maximum absolute atomic E-state index is 5.95. The Morgan fingerprint density at radius 1 is 1.03 bits per heavy atom. The molecule has 1 saturated carbocycles. The van der Waals surface area contributed by atoms with Crippen LogP contribution in [0.5, 0.6) is 0 Å². The first-order valence-corrected chi connectivity index (χ1v) is 13.5. The molecule has 1 fully saturated rings. The minimum Gasteiger partial charge on any atom is -0.379 e. The summed E-state index contributed by atoms with van der Waals surface area (Å²) >= 11 is 6.11. The average molecular weight is 453 g/mol. The summed E-state index contributed by atoms with van der Waals surface area (Å²) in [5.74, 6) is 2.27. The highest BCUT2D eigenvalue weighted by molar-refractivity contribution is 8.23. The number of rotatable bonds is 5. The first-order chi connectivity index (χ1) is 14.7. The largest absolute Gasteiger partial charge is 0.379 e. The minimum absolute atomic E-state index is 0.233. The fourth-order valence-corrected chi connectivity index (χ4v) is 9.62. The SMILES string of the molecule is NC1=NC[C@H](CS[C@]23CCCC[C@H]2[C@@H](c2ccccc2)C=C(c2ccccc2)S3)S1. The zero-order chi connectivity index (χ0) is 20.4. The third kappa shape index (κ3) is 4.21. The molecule has 2 heterocycles. The molecule has 2 nitrogen and oxygen atoms in total. The molecule has 0 saturated heterocycles. The zero-order valence-electron chi connectivity index (χ0n) is 17.1. The van der Waals surface area contributed by atoms with Crippen molar-refractivity contribution in [3.8, 4) is 0 Å². The second-order valence-electron chi connectivity index (χ2n) is 8.33. The van der Waals surface area contributed by atoms with Gasteiger partial charge in [-0.15, -0.1) is 23.5 Å². The lowest BCUT2D eigenvalue weighted by atomic mass is 9.75. The van der Waals surface area contributed by atoms with Crippen molar-refractivity contribution in [2.24, 2.45) is 16.6 Å². The van der Waals surface area contributed by atoms with Gasteiger partial charge in [0.25, 0.3) is 0 Å². The number of nitrogens with zero attached hydrogens (tertiary/aromatic N) is 1. The molecular formula is C25H28N2S3. The van der Waals surface area contributed by atoms with Gasteiger partial charge in [0.1, 0.15) is 0 Å². The number of fused-ring (bicyclic) bond motifs is 1. The highest BCUT2D eigenvalue weighted by atomic mass is 32.2. The molecule has 2 N–H and O–H groups in total. The quantitative estimate of drug-likeness (QED) is 0.554. The van der Waals surface area contributed by atoms with E-state index in [1.807, 2.05) is 0 Å². The predicted molar refractivity (Wildman–Crippen MR) is 136 cm³/mol. The van der Waals surface area contributed by atoms with Gasteiger partial charge in [-0.2, -0.15) is 0 Å². The van der Waals surface area contributed by atoms with Gasteiger partial charge in [0.15, 0.2) is 5.17 Å². The van der Waals surface area contributed by atoms with Gasteiger partial charge in [-0.3, -0.25) is 4.99 Å². The molecule has 1 aliphatic carbocycles. The van der Waals surface area contributed by atoms with Crippen LogP contribution < -0.4 is 5.73 Å². The molecule has 0 amide bonds. The van der Waals surface area contributed by atoms with Crippen LogP contribution in [0.3, 0.4) is 0 Å². The van der Waals surface area contributed by atoms with E-state index in [9.17, 15) is 0 Å². The number of hydrogen-bond acceptors (Lipinski definition) is 5. The summed E-state index contributed by atoms with van der Waals surface area (Å²) in [6, 6.07) is 22.1. The molecule has 5 heteroatoms. The number of amidine groups is 1. The third-order valence-corrected chi connectivity index (χ3v) is 11.2. The highest BCUT2D eigenvalue weighted by Gasteiger charge is 2.49. The maximum atomic E-state index is 5.95. The van der Waals surface area contributed by atoms with Crippen molar-refractivity contribution in [3.05, 3.63) is 77.9 Å². The molecule has 2 aromatic carbocycles. The number of thioether (sulfide) groups is 3. The summed E-state index contributed by atoms with van der Waals surface area (Å²) < 4.78 is 0.233. The summed E-state index contributed by atoms with van der Waals surface area (Å²) in [6.07, 6.45) is 7.84. The van der Waals surface area contributed by atoms with Crippen molar-refractivity contribution >= 4 is 45.4 Å². The summed E-state index contributed by atoms with van der Waals surface area (Å²) in [5, 5.41) is 1.29. The second kappa shape index (κ2) is 9.05. The van der Waals surface area contributed by atoms with Crippen molar-refractivity contribution in [2.75, 3.05) is 12.3 Å². The lowest BCUT2D eigenvalue weighted by molar-refractivity contribution is 0.320. The van der Waals surface area contributed by atoms with E-state index < -0.39 is 0 Å². The summed E-state index contributed by atoms with van der Waals surface area (Å²) in [6.45, 7) is 0.873. The van der Waals surface area contributed by atoms with Gasteiger partial charge in [0.2, 0.25) is 0 Å². The normalized spacial score (nSPS) is 31.0. The maximum Gasteiger partial charge on any atom is 0.154 e. The van der Waals surface area contributed by atoms with Crippen LogP contribution in [0, 0.1) is 5.92 Å². The van der Waals surface area contributed by atoms with Crippen LogP contribution in [-0.4, -0.2) is 26.8 Å². The molecule has 0 unspecified atom stereocenters. The zero-order valence-corrected chi connectivity index (χ0v) is 19.5. The van der Waals surface area contributed by atoms with Gasteiger partial charge in [0.05, 0.1) is 10.6 Å². The minimum atomic E-state index is 0.233. The second-order valence-corrected chi connectivity index (χ2v) is 12.6. The van der Waals surface area contributed by atoms with E-state index in [2.05, 4.69) is 95.3 Å². The van der Waals surface area contributed by atoms with E-state index in [-0.39, 0.29) is 4.08 Å². The fourth-order valence-electron chi connectivity index (χ4n) is 4.95. The molecule has 0 bridgehead atoms. The Morgan fingerprint density at radius 3 is 2.53 bits per heavy atom. The fraction of sp³-hybridized carbons (Fsp3) is 0.400. The van der Waals surface area contributed by atoms with Crippen molar-refractivity contribution in [1.82, 2.24) is 0 Å². The molecule has 3 aliphatic rings. The number of nitrogens with two attached hydrogens (primary N) is 1. The number of allylic oxidation sites excluding steroid dienone is 1. The molecule has 2 aromatic rings. The Hall–Kier alpha value is -1.30. The van der Waals surface area contributed by atoms with Gasteiger partial charge < -0.3 is 5.73 Å². The first-order valence-electron chi connectivity index (χ1n) is 10.9. The molecule has 0 spiro atoms. The molecule has 4 atom stereocenters. The van der Waals surface area contributed by atoms with Crippen LogP contribution in [-0.2, 0) is 0 Å². The van der Waals surface area contributed by atoms with Gasteiger partial charge >= 0.3 is 0 Å². The van der Waals surface area contributed by atoms with Gasteiger partial charge in [-0.25, -0.2) is 0 Å². The summed E-state index contributed by atoms with van der Waals surface area (Å²) in [7, 11) is 0. The van der Waals surface area contributed by atoms with Crippen LogP contribution in [0.4, 0.5) is 0 Å². The Labute approximate surface area is 192 Å². The molecule has 2 aliphatic heterocycles. The van der Waals surface area contributed by atoms with Crippen molar-refractivity contribution in [1.29, 1.82) is 0 Å². The van der Waals surface area contributed by atoms with E-state index in [1.54, 1.807) is 11.8 Å². The Balaban J connectivity index is 1.50. The molecule has 156 valence electrons. The van der Waals surface area contributed by atoms with E-state index in [1.165, 1.54) is 41.7 Å². The van der Waals surface area contributed by atoms with E-state index in [4.69, 9.17) is 5.73 Å². The van der Waals surface area contributed by atoms with E-state index in [0.29, 0.717) is 17.1 Å². The summed E-state index contributed by atoms with van der Waals surface area (Å²) in [4.78, 5) is 5.88. The Morgan fingerprint density at radius 2 is 1.80 bits per heavy atom. The smallest absolute Gasteiger partial charge is 0.154 e. The summed E-state index contributed by atoms with van der Waals surface area (Å²) in [5.41, 5.74) is 8.77. The van der Waals surface area contributed by atoms with Crippen molar-refractivity contribution < 1.29 is 0 Å². The van der Waals surface area contributed by atoms with E-state index >= 15 is 0 Å². The topological polar surface area (TPSA) is 38.4 Å². The van der Waals surface area contributed by atoms with Crippen molar-refractivity contribution in [2.45, 2.75) is 40.9 Å². The highest BCUT2D eigenvalue weighted by Crippen LogP contribution is 2.63. The van der Waals surface area contributed by atoms with Crippen molar-refractivity contribution in [3.63, 3.8) is 0 Å². The van der Waals surface area contributed by atoms with Crippen LogP contribution >= 0.6 is 35.3 Å². The standard InChI is InChI=1S/C25H28N2S3/c26-24-27-16-20(29-24)17-28-25-14-8-7-13-22(25)21(18-9-3-1-4-10-18)15-23(30-25)19-11-5-2-6-12-19/h1-6,9-12,15,20-22H,7-8,13-14,16-17H2,(H2,26,27)/t20-,21-,22+,25+/m1/s1. The molecule has 30 heavy (non-hydrogen) atoms. The van der Waals surface area contributed by atoms with Gasteiger partial charge in [0, 0.05) is 21.8 Å². The van der Waals surface area contributed by atoms with Crippen LogP contribution in [0.15, 0.2) is 71.7 Å². The Kier molecular flexibility index (Phi) is 6.22. The van der Waals surface area contributed by atoms with Crippen LogP contribution in [0.2, 0.25) is 0 Å². The average Bonchev–Trinajstić information content (AvgIpc) is 3.23. The number of benzene rings is 2. The molecule has 0 radical (unpaired) electrons.